The van der Waals surface area contributed by atoms with Gasteiger partial charge in [-0.15, -0.1) is 0 Å². The lowest BCUT2D eigenvalue weighted by Gasteiger charge is -2.28. The number of benzene rings is 2. The molecule has 0 aliphatic carbocycles. The van der Waals surface area contributed by atoms with Gasteiger partial charge in [-0.1, -0.05) is 30.3 Å². The van der Waals surface area contributed by atoms with Crippen LogP contribution in [0, 0.1) is 13.8 Å². The van der Waals surface area contributed by atoms with Crippen LogP contribution >= 0.6 is 0 Å². The zero-order chi connectivity index (χ0) is 19.6. The van der Waals surface area contributed by atoms with Gasteiger partial charge in [0, 0.05) is 17.9 Å². The third kappa shape index (κ3) is 4.19. The van der Waals surface area contributed by atoms with Crippen molar-refractivity contribution in [3.8, 4) is 0 Å². The molecule has 2 aromatic rings. The van der Waals surface area contributed by atoms with Gasteiger partial charge in [0.05, 0.1) is 12.6 Å². The van der Waals surface area contributed by atoms with E-state index in [2.05, 4.69) is 11.4 Å². The van der Waals surface area contributed by atoms with Gasteiger partial charge in [0.1, 0.15) is 0 Å². The number of nitrogens with zero attached hydrogens (tertiary/aromatic N) is 2. The molecule has 2 aromatic carbocycles. The third-order valence-electron chi connectivity index (χ3n) is 5.23. The van der Waals surface area contributed by atoms with Crippen LogP contribution in [0.4, 0.5) is 11.4 Å². The van der Waals surface area contributed by atoms with Crippen molar-refractivity contribution in [2.75, 3.05) is 30.4 Å². The molecule has 27 heavy (non-hydrogen) atoms. The van der Waals surface area contributed by atoms with Crippen LogP contribution < -0.4 is 10.2 Å². The maximum absolute atomic E-state index is 12.9. The Hall–Kier alpha value is -2.66. The van der Waals surface area contributed by atoms with Crippen molar-refractivity contribution in [2.45, 2.75) is 33.2 Å². The SMILES string of the molecule is Cc1ccc(C)c(NC(=O)CN(C)[C@H](C)C(=O)N2CCc3ccccc32)c1. The van der Waals surface area contributed by atoms with Crippen LogP contribution in [0.1, 0.15) is 23.6 Å². The van der Waals surface area contributed by atoms with Crippen LogP contribution in [0.15, 0.2) is 42.5 Å². The van der Waals surface area contributed by atoms with Crippen LogP contribution in [0.3, 0.4) is 0 Å². The fraction of sp³-hybridized carbons (Fsp3) is 0.364. The Morgan fingerprint density at radius 3 is 2.70 bits per heavy atom. The molecule has 5 heteroatoms. The summed E-state index contributed by atoms with van der Waals surface area (Å²) in [6, 6.07) is 13.6. The second kappa shape index (κ2) is 7.92. The molecule has 2 amide bonds. The Morgan fingerprint density at radius 1 is 1.19 bits per heavy atom. The molecule has 1 aliphatic rings. The van der Waals surface area contributed by atoms with Crippen LogP contribution in [0.5, 0.6) is 0 Å². The van der Waals surface area contributed by atoms with E-state index in [1.54, 1.807) is 4.90 Å². The van der Waals surface area contributed by atoms with Crippen LogP contribution in [0.2, 0.25) is 0 Å². The summed E-state index contributed by atoms with van der Waals surface area (Å²) in [7, 11) is 1.81. The Bertz CT molecular complexity index is 862. The molecule has 3 rings (SSSR count). The van der Waals surface area contributed by atoms with Crippen molar-refractivity contribution in [2.24, 2.45) is 0 Å². The van der Waals surface area contributed by atoms with Crippen LogP contribution in [-0.2, 0) is 16.0 Å². The second-order valence-electron chi connectivity index (χ2n) is 7.33. The summed E-state index contributed by atoms with van der Waals surface area (Å²) < 4.78 is 0. The van der Waals surface area contributed by atoms with Gasteiger partial charge >= 0.3 is 0 Å². The van der Waals surface area contributed by atoms with Crippen molar-refractivity contribution in [1.82, 2.24) is 4.90 Å². The molecule has 0 unspecified atom stereocenters. The average molecular weight is 365 g/mol. The van der Waals surface area contributed by atoms with E-state index in [-0.39, 0.29) is 24.4 Å². The highest BCUT2D eigenvalue weighted by Gasteiger charge is 2.30. The summed E-state index contributed by atoms with van der Waals surface area (Å²) in [4.78, 5) is 29.0. The first kappa shape index (κ1) is 19.1. The largest absolute Gasteiger partial charge is 0.325 e. The molecule has 0 radical (unpaired) electrons. The number of carbonyl (C=O) groups excluding carboxylic acids is 2. The van der Waals surface area contributed by atoms with E-state index in [0.29, 0.717) is 6.54 Å². The highest BCUT2D eigenvalue weighted by atomic mass is 16.2. The quantitative estimate of drug-likeness (QED) is 0.886. The standard InChI is InChI=1S/C22H27N3O2/c1-15-9-10-16(2)19(13-15)23-21(26)14-24(4)17(3)22(27)25-12-11-18-7-5-6-8-20(18)25/h5-10,13,17H,11-12,14H2,1-4H3,(H,23,26)/t17-/m1/s1. The molecule has 5 nitrogen and oxygen atoms in total. The second-order valence-corrected chi connectivity index (χ2v) is 7.33. The monoisotopic (exact) mass is 365 g/mol. The Balaban J connectivity index is 1.62. The number of rotatable bonds is 5. The average Bonchev–Trinajstić information content (AvgIpc) is 3.07. The number of likely N-dealkylation sites (N-methyl/N-ethyl adjacent to an activating group) is 1. The molecule has 0 bridgehead atoms. The molecule has 0 fully saturated rings. The molecule has 1 atom stereocenters. The lowest BCUT2D eigenvalue weighted by molar-refractivity contribution is -0.124. The smallest absolute Gasteiger partial charge is 0.244 e. The van der Waals surface area contributed by atoms with Crippen LogP contribution in [0.25, 0.3) is 0 Å². The minimum absolute atomic E-state index is 0.0296. The van der Waals surface area contributed by atoms with Gasteiger partial charge in [0.2, 0.25) is 11.8 Å². The summed E-state index contributed by atoms with van der Waals surface area (Å²) in [5.41, 5.74) is 5.13. The first-order chi connectivity index (χ1) is 12.9. The number of para-hydroxylation sites is 1. The number of carbonyl (C=O) groups is 2. The molecule has 0 aromatic heterocycles. The predicted molar refractivity (Wildman–Crippen MR) is 109 cm³/mol. The normalized spacial score (nSPS) is 14.2. The topological polar surface area (TPSA) is 52.7 Å². The van der Waals surface area contributed by atoms with Gasteiger partial charge < -0.3 is 10.2 Å². The molecule has 0 saturated carbocycles. The number of hydrogen-bond donors (Lipinski definition) is 1. The molecule has 0 spiro atoms. The zero-order valence-corrected chi connectivity index (χ0v) is 16.5. The Morgan fingerprint density at radius 2 is 1.93 bits per heavy atom. The molecule has 1 heterocycles. The lowest BCUT2D eigenvalue weighted by Crippen LogP contribution is -2.47. The highest BCUT2D eigenvalue weighted by molar-refractivity contribution is 5.99. The Labute approximate surface area is 161 Å². The van der Waals surface area contributed by atoms with Gasteiger partial charge in [-0.2, -0.15) is 0 Å². The highest BCUT2D eigenvalue weighted by Crippen LogP contribution is 2.28. The summed E-state index contributed by atoms with van der Waals surface area (Å²) in [6.45, 7) is 6.68. The first-order valence-electron chi connectivity index (χ1n) is 9.33. The molecule has 142 valence electrons. The first-order valence-corrected chi connectivity index (χ1v) is 9.33. The van der Waals surface area contributed by atoms with E-state index in [9.17, 15) is 9.59 Å². The molecular weight excluding hydrogens is 338 g/mol. The number of fused-ring (bicyclic) bond motifs is 1. The van der Waals surface area contributed by atoms with E-state index < -0.39 is 0 Å². The Kier molecular flexibility index (Phi) is 5.61. The molecule has 1 aliphatic heterocycles. The molecular formula is C22H27N3O2. The predicted octanol–water partition coefficient (Wildman–Crippen LogP) is 3.15. The van der Waals surface area contributed by atoms with Gasteiger partial charge in [0.15, 0.2) is 0 Å². The van der Waals surface area contributed by atoms with Crippen molar-refractivity contribution in [1.29, 1.82) is 0 Å². The van der Waals surface area contributed by atoms with Gasteiger partial charge in [0.25, 0.3) is 0 Å². The van der Waals surface area contributed by atoms with Crippen molar-refractivity contribution < 1.29 is 9.59 Å². The minimum Gasteiger partial charge on any atom is -0.325 e. The minimum atomic E-state index is -0.375. The fourth-order valence-electron chi connectivity index (χ4n) is 3.40. The summed E-state index contributed by atoms with van der Waals surface area (Å²) in [6.07, 6.45) is 0.880. The van der Waals surface area contributed by atoms with E-state index in [1.807, 2.05) is 69.1 Å². The van der Waals surface area contributed by atoms with E-state index in [4.69, 9.17) is 0 Å². The molecule has 1 N–H and O–H groups in total. The lowest BCUT2D eigenvalue weighted by atomic mass is 10.1. The number of nitrogens with one attached hydrogen (secondary N) is 1. The van der Waals surface area contributed by atoms with E-state index in [0.717, 1.165) is 28.9 Å². The summed E-state index contributed by atoms with van der Waals surface area (Å²) >= 11 is 0. The van der Waals surface area contributed by atoms with Crippen LogP contribution in [-0.4, -0.2) is 42.9 Å². The van der Waals surface area contributed by atoms with Crippen molar-refractivity contribution in [3.63, 3.8) is 0 Å². The van der Waals surface area contributed by atoms with Gasteiger partial charge in [-0.05, 0) is 63.1 Å². The summed E-state index contributed by atoms with van der Waals surface area (Å²) in [5, 5.41) is 2.96. The zero-order valence-electron chi connectivity index (χ0n) is 16.5. The van der Waals surface area contributed by atoms with Gasteiger partial charge in [-0.3, -0.25) is 14.5 Å². The number of amides is 2. The van der Waals surface area contributed by atoms with E-state index in [1.165, 1.54) is 5.56 Å². The number of aryl methyl sites for hydroxylation is 2. The number of anilines is 2. The van der Waals surface area contributed by atoms with Crippen molar-refractivity contribution in [3.05, 3.63) is 59.2 Å². The fourth-order valence-corrected chi connectivity index (χ4v) is 3.40. The van der Waals surface area contributed by atoms with Crippen molar-refractivity contribution >= 4 is 23.2 Å². The summed E-state index contributed by atoms with van der Waals surface area (Å²) in [5.74, 6) is -0.0883. The maximum atomic E-state index is 12.9. The van der Waals surface area contributed by atoms with Gasteiger partial charge in [-0.25, -0.2) is 0 Å². The number of hydrogen-bond acceptors (Lipinski definition) is 3. The molecule has 0 saturated heterocycles. The third-order valence-corrected chi connectivity index (χ3v) is 5.23. The maximum Gasteiger partial charge on any atom is 0.244 e. The van der Waals surface area contributed by atoms with E-state index >= 15 is 0 Å².